The highest BCUT2D eigenvalue weighted by atomic mass is 35.5. The van der Waals surface area contributed by atoms with Crippen molar-refractivity contribution >= 4 is 17.5 Å². The van der Waals surface area contributed by atoms with Gasteiger partial charge in [0.25, 0.3) is 0 Å². The van der Waals surface area contributed by atoms with Crippen LogP contribution in [0.2, 0.25) is 5.02 Å². The molecule has 4 nitrogen and oxygen atoms in total. The van der Waals surface area contributed by atoms with Gasteiger partial charge in [-0.3, -0.25) is 9.78 Å². The van der Waals surface area contributed by atoms with E-state index < -0.39 is 0 Å². The van der Waals surface area contributed by atoms with Crippen LogP contribution in [0.5, 0.6) is 0 Å². The van der Waals surface area contributed by atoms with Crippen LogP contribution in [0.4, 0.5) is 0 Å². The molecular weight excluding hydrogens is 360 g/mol. The summed E-state index contributed by atoms with van der Waals surface area (Å²) < 4.78 is 0. The van der Waals surface area contributed by atoms with Crippen LogP contribution >= 0.6 is 11.6 Å². The minimum absolute atomic E-state index is 0.0149. The summed E-state index contributed by atoms with van der Waals surface area (Å²) >= 11 is 6.54. The molecule has 2 heterocycles. The molecule has 0 bridgehead atoms. The summed E-state index contributed by atoms with van der Waals surface area (Å²) in [6, 6.07) is 10.3. The van der Waals surface area contributed by atoms with E-state index in [1.54, 1.807) is 12.4 Å². The first-order valence-electron chi connectivity index (χ1n) is 9.79. The number of benzene rings is 1. The largest absolute Gasteiger partial charge is 0.393 e. The Bertz CT molecular complexity index is 803. The highest BCUT2D eigenvalue weighted by Gasteiger charge is 2.37. The molecule has 1 saturated carbocycles. The van der Waals surface area contributed by atoms with E-state index in [4.69, 9.17) is 11.6 Å². The first-order chi connectivity index (χ1) is 13.1. The standard InChI is InChI=1S/C22H25ClN2O2/c23-21-14-16(15-7-10-24-11-8-15)1-2-17(21)13-18-9-12-25(22(18)27)19-3-5-20(26)6-4-19/h1-2,7-8,10-11,14,18-20,26H,3-6,9,12-13H2. The lowest BCUT2D eigenvalue weighted by molar-refractivity contribution is -0.133. The summed E-state index contributed by atoms with van der Waals surface area (Å²) in [5.74, 6) is 0.270. The molecule has 1 saturated heterocycles. The summed E-state index contributed by atoms with van der Waals surface area (Å²) in [7, 11) is 0. The van der Waals surface area contributed by atoms with Gasteiger partial charge in [-0.25, -0.2) is 0 Å². The van der Waals surface area contributed by atoms with Crippen molar-refractivity contribution in [3.63, 3.8) is 0 Å². The number of halogens is 1. The fourth-order valence-corrected chi connectivity index (χ4v) is 4.64. The molecule has 2 aliphatic rings. The van der Waals surface area contributed by atoms with Gasteiger partial charge in [0.05, 0.1) is 6.10 Å². The fourth-order valence-electron chi connectivity index (χ4n) is 4.39. The lowest BCUT2D eigenvalue weighted by Gasteiger charge is -2.33. The Kier molecular flexibility index (Phi) is 5.46. The Hall–Kier alpha value is -1.91. The third-order valence-corrected chi connectivity index (χ3v) is 6.34. The Morgan fingerprint density at radius 2 is 1.78 bits per heavy atom. The minimum atomic E-state index is -0.188. The van der Waals surface area contributed by atoms with Crippen molar-refractivity contribution in [2.45, 2.75) is 50.7 Å². The molecule has 2 aromatic rings. The fraction of sp³-hybridized carbons (Fsp3) is 0.455. The number of pyridine rings is 1. The molecule has 0 radical (unpaired) electrons. The van der Waals surface area contributed by atoms with Gasteiger partial charge in [0.1, 0.15) is 0 Å². The Balaban J connectivity index is 1.43. The normalized spacial score (nSPS) is 25.8. The van der Waals surface area contributed by atoms with Crippen LogP contribution in [-0.2, 0) is 11.2 Å². The average Bonchev–Trinajstić information content (AvgIpc) is 3.05. The van der Waals surface area contributed by atoms with Crippen molar-refractivity contribution in [2.24, 2.45) is 5.92 Å². The molecule has 4 rings (SSSR count). The molecule has 5 heteroatoms. The minimum Gasteiger partial charge on any atom is -0.393 e. The van der Waals surface area contributed by atoms with Crippen molar-refractivity contribution < 1.29 is 9.90 Å². The average molecular weight is 385 g/mol. The Labute approximate surface area is 165 Å². The predicted molar refractivity (Wildman–Crippen MR) is 106 cm³/mol. The van der Waals surface area contributed by atoms with Crippen LogP contribution < -0.4 is 0 Å². The number of hydrogen-bond donors (Lipinski definition) is 1. The number of hydrogen-bond acceptors (Lipinski definition) is 3. The van der Waals surface area contributed by atoms with E-state index in [0.717, 1.165) is 60.4 Å². The van der Waals surface area contributed by atoms with Gasteiger partial charge in [0, 0.05) is 35.9 Å². The Morgan fingerprint density at radius 1 is 1.04 bits per heavy atom. The maximum absolute atomic E-state index is 12.9. The van der Waals surface area contributed by atoms with Gasteiger partial charge in [-0.15, -0.1) is 0 Å². The van der Waals surface area contributed by atoms with E-state index in [2.05, 4.69) is 16.0 Å². The van der Waals surface area contributed by atoms with Crippen molar-refractivity contribution in [1.82, 2.24) is 9.88 Å². The second kappa shape index (κ2) is 7.99. The van der Waals surface area contributed by atoms with Crippen molar-refractivity contribution in [2.75, 3.05) is 6.54 Å². The highest BCUT2D eigenvalue weighted by molar-refractivity contribution is 6.31. The zero-order valence-electron chi connectivity index (χ0n) is 15.4. The smallest absolute Gasteiger partial charge is 0.226 e. The van der Waals surface area contributed by atoms with Crippen molar-refractivity contribution in [3.8, 4) is 11.1 Å². The quantitative estimate of drug-likeness (QED) is 0.863. The van der Waals surface area contributed by atoms with Gasteiger partial charge in [-0.1, -0.05) is 23.7 Å². The van der Waals surface area contributed by atoms with Crippen LogP contribution in [0.3, 0.4) is 0 Å². The first-order valence-corrected chi connectivity index (χ1v) is 10.2. The third-order valence-electron chi connectivity index (χ3n) is 5.99. The number of aliphatic hydroxyl groups excluding tert-OH is 1. The number of amides is 1. The van der Waals surface area contributed by atoms with Gasteiger partial charge >= 0.3 is 0 Å². The lowest BCUT2D eigenvalue weighted by atomic mass is 9.92. The van der Waals surface area contributed by atoms with E-state index in [0.29, 0.717) is 12.5 Å². The molecular formula is C22H25ClN2O2. The Morgan fingerprint density at radius 3 is 2.48 bits per heavy atom. The zero-order chi connectivity index (χ0) is 18.8. The molecule has 1 aromatic carbocycles. The van der Waals surface area contributed by atoms with Crippen molar-refractivity contribution in [1.29, 1.82) is 0 Å². The second-order valence-corrected chi connectivity index (χ2v) is 8.13. The summed E-state index contributed by atoms with van der Waals surface area (Å²) in [4.78, 5) is 19.0. The molecule has 1 amide bonds. The summed E-state index contributed by atoms with van der Waals surface area (Å²) in [6.07, 6.45) is 8.39. The van der Waals surface area contributed by atoms with Gasteiger partial charge in [0.15, 0.2) is 0 Å². The van der Waals surface area contributed by atoms with E-state index in [9.17, 15) is 9.90 Å². The van der Waals surface area contributed by atoms with E-state index >= 15 is 0 Å². The number of carbonyl (C=O) groups excluding carboxylic acids is 1. The van der Waals surface area contributed by atoms with E-state index in [-0.39, 0.29) is 17.9 Å². The molecule has 1 aromatic heterocycles. The number of aromatic nitrogens is 1. The number of nitrogens with zero attached hydrogens (tertiary/aromatic N) is 2. The summed E-state index contributed by atoms with van der Waals surface area (Å²) in [6.45, 7) is 0.830. The first kappa shape index (κ1) is 18.5. The highest BCUT2D eigenvalue weighted by Crippen LogP contribution is 2.33. The van der Waals surface area contributed by atoms with Gasteiger partial charge in [-0.05, 0) is 73.4 Å². The number of rotatable bonds is 4. The molecule has 1 aliphatic carbocycles. The van der Waals surface area contributed by atoms with E-state index in [1.165, 1.54) is 0 Å². The predicted octanol–water partition coefficient (Wildman–Crippen LogP) is 4.10. The van der Waals surface area contributed by atoms with Crippen LogP contribution in [0.25, 0.3) is 11.1 Å². The second-order valence-electron chi connectivity index (χ2n) is 7.73. The molecule has 1 N–H and O–H groups in total. The molecule has 1 unspecified atom stereocenters. The van der Waals surface area contributed by atoms with Gasteiger partial charge in [-0.2, -0.15) is 0 Å². The van der Waals surface area contributed by atoms with Crippen LogP contribution in [0.1, 0.15) is 37.7 Å². The lowest BCUT2D eigenvalue weighted by Crippen LogP contribution is -2.41. The van der Waals surface area contributed by atoms with Crippen molar-refractivity contribution in [3.05, 3.63) is 53.3 Å². The SMILES string of the molecule is O=C1C(Cc2ccc(-c3ccncc3)cc2Cl)CCN1C1CCC(O)CC1. The van der Waals surface area contributed by atoms with Crippen LogP contribution in [-0.4, -0.2) is 39.6 Å². The van der Waals surface area contributed by atoms with Crippen LogP contribution in [0.15, 0.2) is 42.7 Å². The number of aliphatic hydroxyl groups is 1. The number of carbonyl (C=O) groups is 1. The molecule has 0 spiro atoms. The maximum Gasteiger partial charge on any atom is 0.226 e. The van der Waals surface area contributed by atoms with Crippen LogP contribution in [0, 0.1) is 5.92 Å². The monoisotopic (exact) mass is 384 g/mol. The molecule has 1 atom stereocenters. The molecule has 1 aliphatic heterocycles. The zero-order valence-corrected chi connectivity index (χ0v) is 16.1. The summed E-state index contributed by atoms with van der Waals surface area (Å²) in [5.41, 5.74) is 3.18. The molecule has 2 fully saturated rings. The summed E-state index contributed by atoms with van der Waals surface area (Å²) in [5, 5.41) is 10.4. The van der Waals surface area contributed by atoms with E-state index in [1.807, 2.05) is 24.3 Å². The maximum atomic E-state index is 12.9. The number of likely N-dealkylation sites (tertiary alicyclic amines) is 1. The molecule has 27 heavy (non-hydrogen) atoms. The van der Waals surface area contributed by atoms with Gasteiger partial charge in [0.2, 0.25) is 5.91 Å². The van der Waals surface area contributed by atoms with Gasteiger partial charge < -0.3 is 10.0 Å². The third kappa shape index (κ3) is 4.02. The topological polar surface area (TPSA) is 53.4 Å². The molecule has 142 valence electrons.